The highest BCUT2D eigenvalue weighted by Gasteiger charge is 2.17. The molecule has 0 amide bonds. The van der Waals surface area contributed by atoms with Crippen molar-refractivity contribution in [3.8, 4) is 6.07 Å². The Labute approximate surface area is 134 Å². The molecule has 6 heteroatoms. The minimum Gasteiger partial charge on any atom is -0.304 e. The first kappa shape index (κ1) is 18.6. The third-order valence-corrected chi connectivity index (χ3v) is 5.22. The highest BCUT2D eigenvalue weighted by atomic mass is 32.2. The van der Waals surface area contributed by atoms with E-state index in [2.05, 4.69) is 23.5 Å². The van der Waals surface area contributed by atoms with Gasteiger partial charge in [-0.1, -0.05) is 19.9 Å². The Balaban J connectivity index is 2.58. The SMILES string of the molecule is CCN(CC)CCC[C@H](C)NS(=O)(=O)c1cccc(C#N)c1. The topological polar surface area (TPSA) is 73.2 Å². The van der Waals surface area contributed by atoms with E-state index < -0.39 is 10.0 Å². The summed E-state index contributed by atoms with van der Waals surface area (Å²) in [6, 6.07) is 7.89. The van der Waals surface area contributed by atoms with Gasteiger partial charge in [-0.05, 0) is 57.6 Å². The highest BCUT2D eigenvalue weighted by molar-refractivity contribution is 7.89. The predicted octanol–water partition coefficient (Wildman–Crippen LogP) is 2.35. The average Bonchev–Trinajstić information content (AvgIpc) is 2.51. The molecule has 0 aromatic heterocycles. The van der Waals surface area contributed by atoms with Gasteiger partial charge in [0.1, 0.15) is 0 Å². The van der Waals surface area contributed by atoms with Crippen LogP contribution in [-0.4, -0.2) is 39.0 Å². The molecule has 0 aliphatic carbocycles. The fourth-order valence-corrected chi connectivity index (χ4v) is 3.61. The van der Waals surface area contributed by atoms with Gasteiger partial charge in [0.15, 0.2) is 0 Å². The van der Waals surface area contributed by atoms with Crippen LogP contribution in [0.4, 0.5) is 0 Å². The van der Waals surface area contributed by atoms with E-state index in [4.69, 9.17) is 5.26 Å². The van der Waals surface area contributed by atoms with Gasteiger partial charge in [-0.3, -0.25) is 0 Å². The van der Waals surface area contributed by atoms with Gasteiger partial charge in [-0.25, -0.2) is 13.1 Å². The lowest BCUT2D eigenvalue weighted by atomic mass is 10.2. The van der Waals surface area contributed by atoms with Crippen molar-refractivity contribution in [3.63, 3.8) is 0 Å². The van der Waals surface area contributed by atoms with Gasteiger partial charge in [0.25, 0.3) is 0 Å². The summed E-state index contributed by atoms with van der Waals surface area (Å²) in [5, 5.41) is 8.85. The Morgan fingerprint density at radius 1 is 1.32 bits per heavy atom. The standard InChI is InChI=1S/C16H25N3O2S/c1-4-19(5-2)11-7-8-14(3)18-22(20,21)16-10-6-9-15(12-16)13-17/h6,9-10,12,14,18H,4-5,7-8,11H2,1-3H3/t14-/m0/s1. The molecule has 0 fully saturated rings. The zero-order valence-corrected chi connectivity index (χ0v) is 14.4. The molecule has 0 aliphatic rings. The molecule has 0 unspecified atom stereocenters. The minimum absolute atomic E-state index is 0.133. The molecule has 1 aromatic rings. The van der Waals surface area contributed by atoms with Crippen molar-refractivity contribution < 1.29 is 8.42 Å². The second-order valence-corrected chi connectivity index (χ2v) is 7.05. The number of hydrogen-bond donors (Lipinski definition) is 1. The predicted molar refractivity (Wildman–Crippen MR) is 88.0 cm³/mol. The van der Waals surface area contributed by atoms with E-state index in [1.807, 2.05) is 13.0 Å². The van der Waals surface area contributed by atoms with E-state index in [-0.39, 0.29) is 10.9 Å². The largest absolute Gasteiger partial charge is 0.304 e. The molecule has 0 saturated carbocycles. The van der Waals surface area contributed by atoms with Crippen LogP contribution in [0.1, 0.15) is 39.2 Å². The summed E-state index contributed by atoms with van der Waals surface area (Å²) in [5.41, 5.74) is 0.345. The van der Waals surface area contributed by atoms with Crippen molar-refractivity contribution in [2.75, 3.05) is 19.6 Å². The molecular formula is C16H25N3O2S. The van der Waals surface area contributed by atoms with Gasteiger partial charge >= 0.3 is 0 Å². The molecule has 0 aliphatic heterocycles. The number of nitrogens with zero attached hydrogens (tertiary/aromatic N) is 2. The summed E-state index contributed by atoms with van der Waals surface area (Å²) >= 11 is 0. The monoisotopic (exact) mass is 323 g/mol. The van der Waals surface area contributed by atoms with Gasteiger partial charge in [0.2, 0.25) is 10.0 Å². The Bertz CT molecular complexity index is 604. The number of nitriles is 1. The number of nitrogens with one attached hydrogen (secondary N) is 1. The highest BCUT2D eigenvalue weighted by Crippen LogP contribution is 2.12. The molecule has 122 valence electrons. The van der Waals surface area contributed by atoms with Gasteiger partial charge in [0.05, 0.1) is 16.5 Å². The molecule has 0 heterocycles. The van der Waals surface area contributed by atoms with Gasteiger partial charge in [-0.2, -0.15) is 5.26 Å². The van der Waals surface area contributed by atoms with Crippen molar-refractivity contribution >= 4 is 10.0 Å². The van der Waals surface area contributed by atoms with Crippen molar-refractivity contribution in [2.24, 2.45) is 0 Å². The minimum atomic E-state index is -3.57. The number of sulfonamides is 1. The Morgan fingerprint density at radius 2 is 2.00 bits per heavy atom. The van der Waals surface area contributed by atoms with Crippen LogP contribution in [0, 0.1) is 11.3 Å². The summed E-state index contributed by atoms with van der Waals surface area (Å²) in [6.45, 7) is 9.11. The van der Waals surface area contributed by atoms with Gasteiger partial charge in [0, 0.05) is 6.04 Å². The van der Waals surface area contributed by atoms with Crippen molar-refractivity contribution in [1.29, 1.82) is 5.26 Å². The van der Waals surface area contributed by atoms with E-state index in [1.54, 1.807) is 12.1 Å². The Kier molecular flexibility index (Phi) is 7.52. The molecule has 0 spiro atoms. The molecule has 22 heavy (non-hydrogen) atoms. The van der Waals surface area contributed by atoms with E-state index in [0.717, 1.165) is 32.5 Å². The molecule has 0 radical (unpaired) electrons. The van der Waals surface area contributed by atoms with Crippen molar-refractivity contribution in [1.82, 2.24) is 9.62 Å². The molecule has 5 nitrogen and oxygen atoms in total. The van der Waals surface area contributed by atoms with Crippen LogP contribution in [0.25, 0.3) is 0 Å². The molecule has 0 bridgehead atoms. The normalized spacial score (nSPS) is 13.0. The Morgan fingerprint density at radius 3 is 2.59 bits per heavy atom. The van der Waals surface area contributed by atoms with Crippen LogP contribution >= 0.6 is 0 Å². The fraction of sp³-hybridized carbons (Fsp3) is 0.562. The summed E-state index contributed by atoms with van der Waals surface area (Å²) in [6.07, 6.45) is 1.73. The number of benzene rings is 1. The summed E-state index contributed by atoms with van der Waals surface area (Å²) in [7, 11) is -3.57. The lowest BCUT2D eigenvalue weighted by Crippen LogP contribution is -2.33. The second kappa shape index (κ2) is 8.89. The van der Waals surface area contributed by atoms with Crippen LogP contribution < -0.4 is 4.72 Å². The van der Waals surface area contributed by atoms with Crippen LogP contribution in [0.5, 0.6) is 0 Å². The van der Waals surface area contributed by atoms with Crippen LogP contribution in [0.3, 0.4) is 0 Å². The summed E-state index contributed by atoms with van der Waals surface area (Å²) in [4.78, 5) is 2.46. The zero-order valence-electron chi connectivity index (χ0n) is 13.5. The number of rotatable bonds is 9. The molecule has 1 aromatic carbocycles. The van der Waals surface area contributed by atoms with Crippen LogP contribution in [0.2, 0.25) is 0 Å². The quantitative estimate of drug-likeness (QED) is 0.757. The van der Waals surface area contributed by atoms with E-state index in [1.165, 1.54) is 12.1 Å². The van der Waals surface area contributed by atoms with Gasteiger partial charge in [-0.15, -0.1) is 0 Å². The third-order valence-electron chi connectivity index (χ3n) is 3.64. The summed E-state index contributed by atoms with van der Waals surface area (Å²) < 4.78 is 27.3. The van der Waals surface area contributed by atoms with Crippen LogP contribution in [-0.2, 0) is 10.0 Å². The fourth-order valence-electron chi connectivity index (χ4n) is 2.29. The van der Waals surface area contributed by atoms with Crippen molar-refractivity contribution in [2.45, 2.75) is 44.6 Å². The Hall–Kier alpha value is -1.42. The maximum atomic E-state index is 12.3. The molecule has 1 N–H and O–H groups in total. The van der Waals surface area contributed by atoms with Crippen LogP contribution in [0.15, 0.2) is 29.2 Å². The lowest BCUT2D eigenvalue weighted by molar-refractivity contribution is 0.293. The van der Waals surface area contributed by atoms with E-state index >= 15 is 0 Å². The lowest BCUT2D eigenvalue weighted by Gasteiger charge is -2.19. The first-order chi connectivity index (χ1) is 10.4. The molecule has 0 saturated heterocycles. The first-order valence-corrected chi connectivity index (χ1v) is 9.16. The van der Waals surface area contributed by atoms with E-state index in [0.29, 0.717) is 5.56 Å². The molecule has 1 rings (SSSR count). The van der Waals surface area contributed by atoms with Crippen molar-refractivity contribution in [3.05, 3.63) is 29.8 Å². The zero-order chi connectivity index (χ0) is 16.6. The molecular weight excluding hydrogens is 298 g/mol. The second-order valence-electron chi connectivity index (χ2n) is 5.33. The smallest absolute Gasteiger partial charge is 0.240 e. The van der Waals surface area contributed by atoms with Gasteiger partial charge < -0.3 is 4.90 Å². The maximum Gasteiger partial charge on any atom is 0.240 e. The van der Waals surface area contributed by atoms with E-state index in [9.17, 15) is 8.42 Å². The maximum absolute atomic E-state index is 12.3. The molecule has 1 atom stereocenters. The summed E-state index contributed by atoms with van der Waals surface area (Å²) in [5.74, 6) is 0. The third kappa shape index (κ3) is 5.76. The first-order valence-electron chi connectivity index (χ1n) is 7.67. The average molecular weight is 323 g/mol. The number of hydrogen-bond acceptors (Lipinski definition) is 4.